The molecule has 0 aromatic heterocycles. The lowest BCUT2D eigenvalue weighted by Crippen LogP contribution is -2.38. The van der Waals surface area contributed by atoms with Crippen molar-refractivity contribution in [3.05, 3.63) is 23.2 Å². The number of anilines is 2. The fraction of sp³-hybridized carbons (Fsp3) is 0.571. The molecule has 1 aromatic rings. The summed E-state index contributed by atoms with van der Waals surface area (Å²) in [5, 5.41) is 7.62. The van der Waals surface area contributed by atoms with Gasteiger partial charge >= 0.3 is 0 Å². The molecular weight excluding hydrogens is 246 g/mol. The molecule has 0 amide bonds. The molecule has 0 spiro atoms. The van der Waals surface area contributed by atoms with E-state index < -0.39 is 0 Å². The monoisotopic (exact) mass is 269 g/mol. The molecule has 3 nitrogen and oxygen atoms in total. The van der Waals surface area contributed by atoms with Crippen LogP contribution in [0, 0.1) is 0 Å². The van der Waals surface area contributed by atoms with Crippen molar-refractivity contribution in [2.45, 2.75) is 26.3 Å². The van der Waals surface area contributed by atoms with Gasteiger partial charge in [0.15, 0.2) is 0 Å². The predicted octanol–water partition coefficient (Wildman–Crippen LogP) is 3.21. The Kier molecular flexibility index (Phi) is 5.29. The van der Waals surface area contributed by atoms with Crippen LogP contribution in [0.3, 0.4) is 0 Å². The second-order valence-electron chi connectivity index (χ2n) is 5.66. The van der Waals surface area contributed by atoms with Crippen molar-refractivity contribution in [1.82, 2.24) is 5.32 Å². The maximum Gasteiger partial charge on any atom is 0.0597 e. The van der Waals surface area contributed by atoms with Crippen molar-refractivity contribution >= 4 is 23.0 Å². The predicted molar refractivity (Wildman–Crippen MR) is 82.0 cm³/mol. The van der Waals surface area contributed by atoms with Crippen LogP contribution in [0.15, 0.2) is 18.2 Å². The van der Waals surface area contributed by atoms with Crippen molar-refractivity contribution in [3.63, 3.8) is 0 Å². The van der Waals surface area contributed by atoms with Crippen LogP contribution in [0.1, 0.15) is 20.8 Å². The van der Waals surface area contributed by atoms with Gasteiger partial charge in [-0.3, -0.25) is 0 Å². The van der Waals surface area contributed by atoms with Gasteiger partial charge in [0.05, 0.1) is 11.4 Å². The van der Waals surface area contributed by atoms with E-state index in [-0.39, 0.29) is 5.54 Å². The number of rotatable bonds is 5. The Hall–Kier alpha value is -0.930. The molecule has 0 atom stereocenters. The minimum Gasteiger partial charge on any atom is -0.382 e. The molecule has 2 N–H and O–H groups in total. The van der Waals surface area contributed by atoms with Crippen LogP contribution in [0.5, 0.6) is 0 Å². The van der Waals surface area contributed by atoms with Crippen LogP contribution >= 0.6 is 11.6 Å². The van der Waals surface area contributed by atoms with Crippen LogP contribution in [-0.2, 0) is 0 Å². The first-order chi connectivity index (χ1) is 8.29. The van der Waals surface area contributed by atoms with Crippen molar-refractivity contribution in [1.29, 1.82) is 0 Å². The minimum absolute atomic E-state index is 0.153. The SMILES string of the molecule is CN(C)c1ccc(Cl)cc1NCCNC(C)(C)C. The zero-order valence-electron chi connectivity index (χ0n) is 12.0. The summed E-state index contributed by atoms with van der Waals surface area (Å²) < 4.78 is 0. The third-order valence-corrected chi connectivity index (χ3v) is 2.77. The molecule has 4 heteroatoms. The molecule has 102 valence electrons. The maximum atomic E-state index is 6.03. The lowest BCUT2D eigenvalue weighted by atomic mass is 10.1. The molecule has 0 aliphatic rings. The standard InChI is InChI=1S/C14H24ClN3/c1-14(2,3)17-9-8-16-12-10-11(15)6-7-13(12)18(4)5/h6-7,10,16-17H,8-9H2,1-5H3. The van der Waals surface area contributed by atoms with E-state index in [0.29, 0.717) is 0 Å². The van der Waals surface area contributed by atoms with Gasteiger partial charge in [-0.25, -0.2) is 0 Å². The molecule has 0 saturated carbocycles. The summed E-state index contributed by atoms with van der Waals surface area (Å²) in [6.45, 7) is 8.29. The van der Waals surface area contributed by atoms with Gasteiger partial charge in [0.2, 0.25) is 0 Å². The van der Waals surface area contributed by atoms with E-state index in [9.17, 15) is 0 Å². The Morgan fingerprint density at radius 3 is 2.39 bits per heavy atom. The van der Waals surface area contributed by atoms with Gasteiger partial charge in [0.25, 0.3) is 0 Å². The summed E-state index contributed by atoms with van der Waals surface area (Å²) >= 11 is 6.03. The van der Waals surface area contributed by atoms with Gasteiger partial charge < -0.3 is 15.5 Å². The van der Waals surface area contributed by atoms with Gasteiger partial charge in [-0.1, -0.05) is 11.6 Å². The number of hydrogen-bond donors (Lipinski definition) is 2. The van der Waals surface area contributed by atoms with Crippen LogP contribution in [0.4, 0.5) is 11.4 Å². The summed E-state index contributed by atoms with van der Waals surface area (Å²) in [7, 11) is 4.06. The third-order valence-electron chi connectivity index (χ3n) is 2.54. The normalized spacial score (nSPS) is 11.4. The molecule has 0 aliphatic carbocycles. The highest BCUT2D eigenvalue weighted by atomic mass is 35.5. The Morgan fingerprint density at radius 1 is 1.17 bits per heavy atom. The molecule has 0 unspecified atom stereocenters. The first kappa shape index (κ1) is 15.1. The molecule has 1 rings (SSSR count). The molecule has 0 aliphatic heterocycles. The second-order valence-corrected chi connectivity index (χ2v) is 6.10. The smallest absolute Gasteiger partial charge is 0.0597 e. The fourth-order valence-corrected chi connectivity index (χ4v) is 1.85. The summed E-state index contributed by atoms with van der Waals surface area (Å²) in [6, 6.07) is 5.91. The molecule has 0 bridgehead atoms. The van der Waals surface area contributed by atoms with Crippen LogP contribution in [0.25, 0.3) is 0 Å². The molecule has 0 heterocycles. The summed E-state index contributed by atoms with van der Waals surface area (Å²) in [4.78, 5) is 2.08. The molecule has 1 aromatic carbocycles. The van der Waals surface area contributed by atoms with Crippen molar-refractivity contribution in [2.75, 3.05) is 37.4 Å². The minimum atomic E-state index is 0.153. The average Bonchev–Trinajstić information content (AvgIpc) is 2.22. The third kappa shape index (κ3) is 5.15. The van der Waals surface area contributed by atoms with E-state index in [0.717, 1.165) is 29.5 Å². The fourth-order valence-electron chi connectivity index (χ4n) is 1.67. The van der Waals surface area contributed by atoms with Gasteiger partial charge in [0.1, 0.15) is 0 Å². The zero-order chi connectivity index (χ0) is 13.8. The first-order valence-electron chi connectivity index (χ1n) is 6.25. The van der Waals surface area contributed by atoms with E-state index in [1.165, 1.54) is 0 Å². The van der Waals surface area contributed by atoms with Gasteiger partial charge in [0, 0.05) is 37.7 Å². The molecule has 18 heavy (non-hydrogen) atoms. The number of nitrogens with one attached hydrogen (secondary N) is 2. The lowest BCUT2D eigenvalue weighted by molar-refractivity contribution is 0.435. The highest BCUT2D eigenvalue weighted by molar-refractivity contribution is 6.31. The van der Waals surface area contributed by atoms with Crippen molar-refractivity contribution < 1.29 is 0 Å². The van der Waals surface area contributed by atoms with Crippen molar-refractivity contribution in [3.8, 4) is 0 Å². The topological polar surface area (TPSA) is 27.3 Å². The molecule has 0 fully saturated rings. The van der Waals surface area contributed by atoms with Gasteiger partial charge in [-0.15, -0.1) is 0 Å². The summed E-state index contributed by atoms with van der Waals surface area (Å²) in [6.07, 6.45) is 0. The van der Waals surface area contributed by atoms with Gasteiger partial charge in [-0.2, -0.15) is 0 Å². The molecule has 0 saturated heterocycles. The number of halogens is 1. The van der Waals surface area contributed by atoms with E-state index in [1.807, 2.05) is 32.3 Å². The largest absolute Gasteiger partial charge is 0.382 e. The zero-order valence-corrected chi connectivity index (χ0v) is 12.7. The van der Waals surface area contributed by atoms with E-state index in [1.54, 1.807) is 0 Å². The number of nitrogens with zero attached hydrogens (tertiary/aromatic N) is 1. The Morgan fingerprint density at radius 2 is 1.83 bits per heavy atom. The van der Waals surface area contributed by atoms with Gasteiger partial charge in [-0.05, 0) is 39.0 Å². The summed E-state index contributed by atoms with van der Waals surface area (Å²) in [5.41, 5.74) is 2.37. The van der Waals surface area contributed by atoms with Crippen LogP contribution in [0.2, 0.25) is 5.02 Å². The highest BCUT2D eigenvalue weighted by Crippen LogP contribution is 2.27. The second kappa shape index (κ2) is 6.30. The lowest BCUT2D eigenvalue weighted by Gasteiger charge is -2.22. The maximum absolute atomic E-state index is 6.03. The first-order valence-corrected chi connectivity index (χ1v) is 6.63. The molecule has 0 radical (unpaired) electrons. The Bertz CT molecular complexity index is 383. The van der Waals surface area contributed by atoms with Crippen LogP contribution < -0.4 is 15.5 Å². The Balaban J connectivity index is 2.58. The quantitative estimate of drug-likeness (QED) is 0.804. The number of hydrogen-bond acceptors (Lipinski definition) is 3. The van der Waals surface area contributed by atoms with E-state index in [2.05, 4.69) is 36.3 Å². The van der Waals surface area contributed by atoms with E-state index in [4.69, 9.17) is 11.6 Å². The van der Waals surface area contributed by atoms with Crippen molar-refractivity contribution in [2.24, 2.45) is 0 Å². The van der Waals surface area contributed by atoms with Crippen LogP contribution in [-0.4, -0.2) is 32.7 Å². The van der Waals surface area contributed by atoms with E-state index >= 15 is 0 Å². The highest BCUT2D eigenvalue weighted by Gasteiger charge is 2.08. The summed E-state index contributed by atoms with van der Waals surface area (Å²) in [5.74, 6) is 0. The number of benzene rings is 1. The average molecular weight is 270 g/mol. The molecular formula is C14H24ClN3. The Labute approximate surface area is 116 Å².